The first kappa shape index (κ1) is 23.2. The summed E-state index contributed by atoms with van der Waals surface area (Å²) in [6.07, 6.45) is 2.01. The number of pyridine rings is 1. The summed E-state index contributed by atoms with van der Waals surface area (Å²) in [6.45, 7) is 3.84. The Morgan fingerprint density at radius 3 is 2.24 bits per heavy atom. The molecule has 2 aromatic carbocycles. The molecule has 0 saturated carbocycles. The first-order valence-corrected chi connectivity index (χ1v) is 11.1. The molecule has 4 rings (SSSR count). The Balaban J connectivity index is 1.45. The van der Waals surface area contributed by atoms with Gasteiger partial charge in [-0.05, 0) is 50.2 Å². The maximum atomic E-state index is 12.7. The zero-order valence-electron chi connectivity index (χ0n) is 19.1. The predicted octanol–water partition coefficient (Wildman–Crippen LogP) is 4.29. The van der Waals surface area contributed by atoms with Crippen LogP contribution in [0.1, 0.15) is 43.8 Å². The fourth-order valence-electron chi connectivity index (χ4n) is 3.51. The smallest absolute Gasteiger partial charge is 0.338 e. The van der Waals surface area contributed by atoms with Gasteiger partial charge in [-0.2, -0.15) is 0 Å². The van der Waals surface area contributed by atoms with E-state index in [-0.39, 0.29) is 6.61 Å². The van der Waals surface area contributed by atoms with Gasteiger partial charge in [-0.3, -0.25) is 4.98 Å². The molecule has 0 spiro atoms. The van der Waals surface area contributed by atoms with Crippen LogP contribution in [0.2, 0.25) is 0 Å². The normalized spacial score (nSPS) is 19.1. The molecule has 172 valence electrons. The Labute approximate surface area is 198 Å². The lowest BCUT2D eigenvalue weighted by molar-refractivity contribution is -0.0348. The van der Waals surface area contributed by atoms with Crippen molar-refractivity contribution in [2.75, 3.05) is 6.61 Å². The summed E-state index contributed by atoms with van der Waals surface area (Å²) in [7, 11) is 0. The number of ether oxygens (including phenoxy) is 3. The Morgan fingerprint density at radius 2 is 1.62 bits per heavy atom. The van der Waals surface area contributed by atoms with Crippen LogP contribution >= 0.6 is 0 Å². The number of rotatable bonds is 5. The number of aromatic nitrogens is 1. The number of carbonyl (C=O) groups excluding carboxylic acids is 2. The topological polar surface area (TPSA) is 74.7 Å². The SMILES string of the molecule is Cc1ccc(C(=O)OC[C@H]2O[C@H](C#Cc3cccnc3)C[C@@H]2OC(=O)c2ccc(C)cc2)cc1. The van der Waals surface area contributed by atoms with Crippen molar-refractivity contribution in [1.29, 1.82) is 0 Å². The van der Waals surface area contributed by atoms with Crippen LogP contribution in [0.3, 0.4) is 0 Å². The lowest BCUT2D eigenvalue weighted by Crippen LogP contribution is -2.32. The van der Waals surface area contributed by atoms with E-state index in [0.29, 0.717) is 17.5 Å². The van der Waals surface area contributed by atoms with E-state index in [4.69, 9.17) is 14.2 Å². The molecule has 6 nitrogen and oxygen atoms in total. The fraction of sp³-hybridized carbons (Fsp3) is 0.250. The number of benzene rings is 2. The van der Waals surface area contributed by atoms with Crippen molar-refractivity contribution in [2.24, 2.45) is 0 Å². The third-order valence-corrected chi connectivity index (χ3v) is 5.45. The Morgan fingerprint density at radius 1 is 0.971 bits per heavy atom. The summed E-state index contributed by atoms with van der Waals surface area (Å²) in [5, 5.41) is 0. The second-order valence-electron chi connectivity index (χ2n) is 8.18. The van der Waals surface area contributed by atoms with Crippen molar-refractivity contribution in [3.8, 4) is 11.8 Å². The van der Waals surface area contributed by atoms with Gasteiger partial charge in [0.05, 0.1) is 11.1 Å². The summed E-state index contributed by atoms with van der Waals surface area (Å²) >= 11 is 0. The van der Waals surface area contributed by atoms with Crippen molar-refractivity contribution >= 4 is 11.9 Å². The second kappa shape index (κ2) is 10.8. The van der Waals surface area contributed by atoms with Gasteiger partial charge in [-0.25, -0.2) is 9.59 Å². The van der Waals surface area contributed by atoms with Gasteiger partial charge in [0.15, 0.2) is 0 Å². The predicted molar refractivity (Wildman–Crippen MR) is 126 cm³/mol. The van der Waals surface area contributed by atoms with Crippen LogP contribution in [0.4, 0.5) is 0 Å². The third-order valence-electron chi connectivity index (χ3n) is 5.45. The zero-order chi connectivity index (χ0) is 23.9. The third kappa shape index (κ3) is 6.09. The van der Waals surface area contributed by atoms with Gasteiger partial charge in [0.1, 0.15) is 24.9 Å². The average molecular weight is 456 g/mol. The second-order valence-corrected chi connectivity index (χ2v) is 8.18. The van der Waals surface area contributed by atoms with Crippen LogP contribution < -0.4 is 0 Å². The molecule has 34 heavy (non-hydrogen) atoms. The molecule has 6 heteroatoms. The van der Waals surface area contributed by atoms with Crippen molar-refractivity contribution < 1.29 is 23.8 Å². The maximum Gasteiger partial charge on any atom is 0.338 e. The molecule has 3 atom stereocenters. The highest BCUT2D eigenvalue weighted by molar-refractivity contribution is 5.90. The molecule has 1 aromatic heterocycles. The fourth-order valence-corrected chi connectivity index (χ4v) is 3.51. The quantitative estimate of drug-likeness (QED) is 0.422. The van der Waals surface area contributed by atoms with Gasteiger partial charge < -0.3 is 14.2 Å². The molecule has 0 N–H and O–H groups in total. The Kier molecular flexibility index (Phi) is 7.36. The molecular formula is C28H25NO5. The maximum absolute atomic E-state index is 12.7. The highest BCUT2D eigenvalue weighted by Gasteiger charge is 2.38. The molecule has 1 fully saturated rings. The Hall–Kier alpha value is -3.95. The van der Waals surface area contributed by atoms with Gasteiger partial charge in [-0.1, -0.05) is 47.2 Å². The van der Waals surface area contributed by atoms with Crippen LogP contribution in [0.15, 0.2) is 73.1 Å². The summed E-state index contributed by atoms with van der Waals surface area (Å²) in [4.78, 5) is 29.2. The summed E-state index contributed by atoms with van der Waals surface area (Å²) < 4.78 is 17.2. The number of aryl methyl sites for hydroxylation is 2. The van der Waals surface area contributed by atoms with Crippen LogP contribution in [-0.2, 0) is 14.2 Å². The average Bonchev–Trinajstić information content (AvgIpc) is 3.24. The number of hydrogen-bond donors (Lipinski definition) is 0. The largest absolute Gasteiger partial charge is 0.459 e. The standard InChI is InChI=1S/C28H25NO5/c1-19-5-10-22(11-6-19)27(30)32-18-26-25(34-28(31)23-12-7-20(2)8-13-23)16-24(33-26)14-9-21-4-3-15-29-17-21/h3-8,10-13,15,17,24-26H,16,18H2,1-2H3/t24-,25+,26-/m1/s1. The van der Waals surface area contributed by atoms with Gasteiger partial charge >= 0.3 is 11.9 Å². The van der Waals surface area contributed by atoms with Crippen LogP contribution in [0.5, 0.6) is 0 Å². The molecule has 0 amide bonds. The van der Waals surface area contributed by atoms with E-state index < -0.39 is 30.3 Å². The van der Waals surface area contributed by atoms with E-state index in [1.807, 2.05) is 44.2 Å². The minimum Gasteiger partial charge on any atom is -0.459 e. The van der Waals surface area contributed by atoms with Crippen molar-refractivity contribution in [2.45, 2.75) is 38.6 Å². The lowest BCUT2D eigenvalue weighted by Gasteiger charge is -2.19. The summed E-state index contributed by atoms with van der Waals surface area (Å²) in [6, 6.07) is 17.9. The van der Waals surface area contributed by atoms with Gasteiger partial charge in [0, 0.05) is 24.4 Å². The van der Waals surface area contributed by atoms with E-state index in [2.05, 4.69) is 16.8 Å². The van der Waals surface area contributed by atoms with Gasteiger partial charge in [0.25, 0.3) is 0 Å². The van der Waals surface area contributed by atoms with Crippen LogP contribution in [0, 0.1) is 25.7 Å². The molecule has 0 aliphatic carbocycles. The number of hydrogen-bond acceptors (Lipinski definition) is 6. The van der Waals surface area contributed by atoms with Crippen LogP contribution in [-0.4, -0.2) is 41.8 Å². The molecule has 0 bridgehead atoms. The van der Waals surface area contributed by atoms with Gasteiger partial charge in [0.2, 0.25) is 0 Å². The van der Waals surface area contributed by atoms with Crippen molar-refractivity contribution in [3.63, 3.8) is 0 Å². The van der Waals surface area contributed by atoms with E-state index in [9.17, 15) is 9.59 Å². The monoisotopic (exact) mass is 455 g/mol. The highest BCUT2D eigenvalue weighted by atomic mass is 16.6. The first-order valence-electron chi connectivity index (χ1n) is 11.1. The van der Waals surface area contributed by atoms with Crippen molar-refractivity contribution in [1.82, 2.24) is 4.98 Å². The molecular weight excluding hydrogens is 430 g/mol. The number of esters is 2. The number of carbonyl (C=O) groups is 2. The van der Waals surface area contributed by atoms with Gasteiger partial charge in [-0.15, -0.1) is 0 Å². The molecule has 0 radical (unpaired) electrons. The molecule has 1 aliphatic heterocycles. The first-order chi connectivity index (χ1) is 16.5. The van der Waals surface area contributed by atoms with Crippen LogP contribution in [0.25, 0.3) is 0 Å². The van der Waals surface area contributed by atoms with E-state index in [1.54, 1.807) is 42.7 Å². The molecule has 0 unspecified atom stereocenters. The molecule has 2 heterocycles. The van der Waals surface area contributed by atoms with E-state index in [0.717, 1.165) is 16.7 Å². The zero-order valence-corrected chi connectivity index (χ0v) is 19.1. The summed E-state index contributed by atoms with van der Waals surface area (Å²) in [5.41, 5.74) is 3.75. The highest BCUT2D eigenvalue weighted by Crippen LogP contribution is 2.25. The summed E-state index contributed by atoms with van der Waals surface area (Å²) in [5.74, 6) is 5.17. The molecule has 1 saturated heterocycles. The Bertz CT molecular complexity index is 1190. The number of nitrogens with zero attached hydrogens (tertiary/aromatic N) is 1. The minimum absolute atomic E-state index is 0.0520. The van der Waals surface area contributed by atoms with Crippen molar-refractivity contribution in [3.05, 3.63) is 101 Å². The van der Waals surface area contributed by atoms with E-state index in [1.165, 1.54) is 0 Å². The van der Waals surface area contributed by atoms with E-state index >= 15 is 0 Å². The minimum atomic E-state index is -0.628. The molecule has 3 aromatic rings. The lowest BCUT2D eigenvalue weighted by atomic mass is 10.1. The molecule has 1 aliphatic rings.